The van der Waals surface area contributed by atoms with Gasteiger partial charge < -0.3 is 15.1 Å². The van der Waals surface area contributed by atoms with Gasteiger partial charge in [-0.1, -0.05) is 40.9 Å². The first kappa shape index (κ1) is 21.2. The molecule has 1 amide bonds. The number of aliphatic hydroxyl groups is 1. The zero-order chi connectivity index (χ0) is 21.3. The van der Waals surface area contributed by atoms with Crippen molar-refractivity contribution in [3.8, 4) is 0 Å². The lowest BCUT2D eigenvalue weighted by atomic mass is 9.95. The van der Waals surface area contributed by atoms with Crippen LogP contribution in [-0.2, 0) is 14.4 Å². The van der Waals surface area contributed by atoms with E-state index in [2.05, 4.69) is 0 Å². The standard InChI is InChI=1S/C20H14Cl3NO5/c21-11-3-1-10(2-4-11)18(27)16-17(13-6-5-12(22)9-14(13)23)24(8-7-15(25)26)20(29)19(16)28/h1-6,9,17,27H,7-8H2,(H,25,26)/t17-/m1/s1. The number of carbonyl (C=O) groups is 3. The fourth-order valence-electron chi connectivity index (χ4n) is 3.14. The van der Waals surface area contributed by atoms with Crippen molar-refractivity contribution < 1.29 is 24.6 Å². The maximum atomic E-state index is 12.8. The van der Waals surface area contributed by atoms with E-state index in [9.17, 15) is 19.5 Å². The van der Waals surface area contributed by atoms with Gasteiger partial charge in [-0.25, -0.2) is 0 Å². The van der Waals surface area contributed by atoms with Gasteiger partial charge in [0.25, 0.3) is 11.7 Å². The molecule has 150 valence electrons. The highest BCUT2D eigenvalue weighted by Crippen LogP contribution is 2.42. The van der Waals surface area contributed by atoms with Gasteiger partial charge in [-0.3, -0.25) is 14.4 Å². The number of benzene rings is 2. The summed E-state index contributed by atoms with van der Waals surface area (Å²) in [6.07, 6.45) is -0.379. The molecule has 0 spiro atoms. The molecule has 0 bridgehead atoms. The second kappa shape index (κ2) is 8.45. The molecule has 1 saturated heterocycles. The Bertz CT molecular complexity index is 1030. The third kappa shape index (κ3) is 4.24. The summed E-state index contributed by atoms with van der Waals surface area (Å²) < 4.78 is 0. The molecule has 1 aliphatic heterocycles. The molecule has 9 heteroatoms. The summed E-state index contributed by atoms with van der Waals surface area (Å²) in [5, 5.41) is 20.8. The van der Waals surface area contributed by atoms with Crippen LogP contribution in [0.3, 0.4) is 0 Å². The van der Waals surface area contributed by atoms with Crippen molar-refractivity contribution in [3.63, 3.8) is 0 Å². The molecule has 0 unspecified atom stereocenters. The third-order valence-corrected chi connectivity index (χ3v) is 5.30. The molecule has 0 radical (unpaired) electrons. The number of halogens is 3. The first-order valence-electron chi connectivity index (χ1n) is 8.41. The lowest BCUT2D eigenvalue weighted by Gasteiger charge is -2.25. The van der Waals surface area contributed by atoms with Crippen LogP contribution in [0.25, 0.3) is 5.76 Å². The van der Waals surface area contributed by atoms with Gasteiger partial charge in [0.2, 0.25) is 0 Å². The number of carbonyl (C=O) groups excluding carboxylic acids is 2. The minimum absolute atomic E-state index is 0.173. The minimum Gasteiger partial charge on any atom is -0.507 e. The van der Waals surface area contributed by atoms with Crippen molar-refractivity contribution in [2.24, 2.45) is 0 Å². The Morgan fingerprint density at radius 1 is 0.966 bits per heavy atom. The molecule has 29 heavy (non-hydrogen) atoms. The van der Waals surface area contributed by atoms with E-state index in [-0.39, 0.29) is 29.1 Å². The average molecular weight is 455 g/mol. The maximum absolute atomic E-state index is 12.8. The number of carboxylic acid groups (broad SMARTS) is 1. The van der Waals surface area contributed by atoms with Crippen molar-refractivity contribution in [3.05, 3.63) is 74.2 Å². The Kier molecular flexibility index (Phi) is 6.17. The fourth-order valence-corrected chi connectivity index (χ4v) is 3.77. The van der Waals surface area contributed by atoms with Crippen LogP contribution >= 0.6 is 34.8 Å². The van der Waals surface area contributed by atoms with Crippen LogP contribution in [0.4, 0.5) is 0 Å². The Balaban J connectivity index is 2.19. The van der Waals surface area contributed by atoms with Crippen molar-refractivity contribution >= 4 is 58.2 Å². The predicted molar refractivity (Wildman–Crippen MR) is 109 cm³/mol. The van der Waals surface area contributed by atoms with Gasteiger partial charge in [-0.15, -0.1) is 0 Å². The van der Waals surface area contributed by atoms with Crippen LogP contribution in [-0.4, -0.2) is 39.3 Å². The fraction of sp³-hybridized carbons (Fsp3) is 0.150. The molecule has 1 atom stereocenters. The highest BCUT2D eigenvalue weighted by molar-refractivity contribution is 6.47. The first-order valence-corrected chi connectivity index (χ1v) is 9.55. The van der Waals surface area contributed by atoms with Crippen molar-refractivity contribution in [1.29, 1.82) is 0 Å². The van der Waals surface area contributed by atoms with E-state index in [0.29, 0.717) is 15.6 Å². The number of ketones is 1. The number of amides is 1. The van der Waals surface area contributed by atoms with Gasteiger partial charge >= 0.3 is 5.97 Å². The number of nitrogens with zero attached hydrogens (tertiary/aromatic N) is 1. The number of aliphatic carboxylic acids is 1. The van der Waals surface area contributed by atoms with Crippen LogP contribution in [0, 0.1) is 0 Å². The smallest absolute Gasteiger partial charge is 0.305 e. The number of Topliss-reactive ketones (excluding diaryl/α,β-unsaturated/α-hetero) is 1. The van der Waals surface area contributed by atoms with Crippen LogP contribution in [0.5, 0.6) is 0 Å². The quantitative estimate of drug-likeness (QED) is 0.393. The average Bonchev–Trinajstić information content (AvgIpc) is 2.91. The summed E-state index contributed by atoms with van der Waals surface area (Å²) in [5.41, 5.74) is 0.434. The maximum Gasteiger partial charge on any atom is 0.305 e. The highest BCUT2D eigenvalue weighted by atomic mass is 35.5. The number of aliphatic hydroxyl groups excluding tert-OH is 1. The molecule has 2 aromatic rings. The molecule has 1 aliphatic rings. The van der Waals surface area contributed by atoms with E-state index < -0.39 is 29.5 Å². The molecule has 2 aromatic carbocycles. The van der Waals surface area contributed by atoms with E-state index in [1.165, 1.54) is 42.5 Å². The van der Waals surface area contributed by atoms with Crippen LogP contribution in [0.2, 0.25) is 15.1 Å². The highest BCUT2D eigenvalue weighted by Gasteiger charge is 2.46. The molecule has 6 nitrogen and oxygen atoms in total. The van der Waals surface area contributed by atoms with Crippen LogP contribution in [0.1, 0.15) is 23.6 Å². The van der Waals surface area contributed by atoms with E-state index in [1.807, 2.05) is 0 Å². The van der Waals surface area contributed by atoms with Crippen LogP contribution < -0.4 is 0 Å². The lowest BCUT2D eigenvalue weighted by Crippen LogP contribution is -2.32. The number of hydrogen-bond donors (Lipinski definition) is 2. The first-order chi connectivity index (χ1) is 13.7. The minimum atomic E-state index is -1.13. The summed E-state index contributed by atoms with van der Waals surface area (Å²) in [6.45, 7) is -0.235. The second-order valence-corrected chi connectivity index (χ2v) is 7.59. The Labute approximate surface area is 180 Å². The van der Waals surface area contributed by atoms with E-state index in [4.69, 9.17) is 39.9 Å². The van der Waals surface area contributed by atoms with Gasteiger partial charge in [-0.05, 0) is 42.0 Å². The number of likely N-dealkylation sites (tertiary alicyclic amines) is 1. The molecular formula is C20H14Cl3NO5. The van der Waals surface area contributed by atoms with Gasteiger partial charge in [0.05, 0.1) is 18.0 Å². The summed E-state index contributed by atoms with van der Waals surface area (Å²) >= 11 is 18.1. The van der Waals surface area contributed by atoms with E-state index in [1.54, 1.807) is 0 Å². The van der Waals surface area contributed by atoms with Gasteiger partial charge in [0.1, 0.15) is 5.76 Å². The summed E-state index contributed by atoms with van der Waals surface area (Å²) in [7, 11) is 0. The largest absolute Gasteiger partial charge is 0.507 e. The molecule has 1 fully saturated rings. The third-order valence-electron chi connectivity index (χ3n) is 4.48. The molecule has 0 aromatic heterocycles. The SMILES string of the molecule is O=C(O)CCN1C(=O)C(=O)C(=C(O)c2ccc(Cl)cc2)[C@H]1c1ccc(Cl)cc1Cl. The number of rotatable bonds is 5. The Hall–Kier alpha value is -2.54. The monoisotopic (exact) mass is 453 g/mol. The van der Waals surface area contributed by atoms with Crippen molar-refractivity contribution in [1.82, 2.24) is 4.90 Å². The van der Waals surface area contributed by atoms with Crippen molar-refractivity contribution in [2.75, 3.05) is 6.54 Å². The van der Waals surface area contributed by atoms with E-state index in [0.717, 1.165) is 4.90 Å². The molecule has 3 rings (SSSR count). The Morgan fingerprint density at radius 3 is 2.17 bits per heavy atom. The lowest BCUT2D eigenvalue weighted by molar-refractivity contribution is -0.142. The molecular weight excluding hydrogens is 441 g/mol. The zero-order valence-electron chi connectivity index (χ0n) is 14.7. The predicted octanol–water partition coefficient (Wildman–Crippen LogP) is 4.54. The topological polar surface area (TPSA) is 94.9 Å². The van der Waals surface area contributed by atoms with Gasteiger partial charge in [0, 0.05) is 27.2 Å². The van der Waals surface area contributed by atoms with E-state index >= 15 is 0 Å². The molecule has 2 N–H and O–H groups in total. The van der Waals surface area contributed by atoms with Crippen LogP contribution in [0.15, 0.2) is 48.0 Å². The Morgan fingerprint density at radius 2 is 1.59 bits per heavy atom. The van der Waals surface area contributed by atoms with Gasteiger partial charge in [-0.2, -0.15) is 0 Å². The molecule has 0 saturated carbocycles. The number of hydrogen-bond acceptors (Lipinski definition) is 4. The second-order valence-electron chi connectivity index (χ2n) is 6.31. The summed E-state index contributed by atoms with van der Waals surface area (Å²) in [6, 6.07) is 9.51. The summed E-state index contributed by atoms with van der Waals surface area (Å²) in [5.74, 6) is -3.39. The normalized spacial score (nSPS) is 18.3. The molecule has 1 heterocycles. The van der Waals surface area contributed by atoms with Gasteiger partial charge in [0.15, 0.2) is 0 Å². The molecule has 0 aliphatic carbocycles. The number of carboxylic acids is 1. The summed E-state index contributed by atoms with van der Waals surface area (Å²) in [4.78, 5) is 37.5. The van der Waals surface area contributed by atoms with Crippen molar-refractivity contribution in [2.45, 2.75) is 12.5 Å². The zero-order valence-corrected chi connectivity index (χ0v) is 17.0.